The van der Waals surface area contributed by atoms with Gasteiger partial charge < -0.3 is 14.8 Å². The maximum atomic E-state index is 11.9. The molecule has 0 radical (unpaired) electrons. The van der Waals surface area contributed by atoms with E-state index in [1.165, 1.54) is 0 Å². The molecule has 31 heavy (non-hydrogen) atoms. The molecule has 0 fully saturated rings. The average Bonchev–Trinajstić information content (AvgIpc) is 2.77. The van der Waals surface area contributed by atoms with E-state index in [1.807, 2.05) is 74.5 Å². The van der Waals surface area contributed by atoms with Crippen molar-refractivity contribution in [2.45, 2.75) is 20.3 Å². The Labute approximate surface area is 182 Å². The highest BCUT2D eigenvalue weighted by atomic mass is 16.5. The van der Waals surface area contributed by atoms with Gasteiger partial charge >= 0.3 is 6.03 Å². The molecule has 0 bridgehead atoms. The normalized spacial score (nSPS) is 10.6. The summed E-state index contributed by atoms with van der Waals surface area (Å²) in [6.45, 7) is 5.17. The lowest BCUT2D eigenvalue weighted by Gasteiger charge is -2.13. The van der Waals surface area contributed by atoms with Crippen LogP contribution in [-0.4, -0.2) is 25.5 Å². The van der Waals surface area contributed by atoms with Gasteiger partial charge in [-0.15, -0.1) is 0 Å². The van der Waals surface area contributed by atoms with Crippen molar-refractivity contribution in [2.24, 2.45) is 5.10 Å². The maximum absolute atomic E-state index is 11.9. The first-order valence-electron chi connectivity index (χ1n) is 10.2. The van der Waals surface area contributed by atoms with Crippen molar-refractivity contribution in [3.05, 3.63) is 89.5 Å². The predicted octanol–water partition coefficient (Wildman–Crippen LogP) is 5.31. The molecule has 3 rings (SSSR count). The van der Waals surface area contributed by atoms with E-state index in [1.54, 1.807) is 18.3 Å². The number of hydrogen-bond donors (Lipinski definition) is 2. The molecule has 3 aromatic carbocycles. The molecular weight excluding hydrogens is 390 g/mol. The zero-order valence-electron chi connectivity index (χ0n) is 17.8. The van der Waals surface area contributed by atoms with Crippen LogP contribution in [0, 0.1) is 13.8 Å². The predicted molar refractivity (Wildman–Crippen MR) is 124 cm³/mol. The monoisotopic (exact) mass is 417 g/mol. The molecule has 6 nitrogen and oxygen atoms in total. The third kappa shape index (κ3) is 6.89. The first-order valence-corrected chi connectivity index (χ1v) is 10.2. The summed E-state index contributed by atoms with van der Waals surface area (Å²) in [5.41, 5.74) is 6.19. The summed E-state index contributed by atoms with van der Waals surface area (Å²) in [6, 6.07) is 22.4. The Morgan fingerprint density at radius 1 is 0.871 bits per heavy atom. The number of nitrogens with one attached hydrogen (secondary N) is 2. The Balaban J connectivity index is 1.45. The smallest absolute Gasteiger partial charge is 0.339 e. The van der Waals surface area contributed by atoms with Gasteiger partial charge in [-0.05, 0) is 49.2 Å². The maximum Gasteiger partial charge on any atom is 0.339 e. The van der Waals surface area contributed by atoms with Crippen LogP contribution in [0.25, 0.3) is 0 Å². The average molecular weight is 418 g/mol. The second-order valence-electron chi connectivity index (χ2n) is 7.00. The summed E-state index contributed by atoms with van der Waals surface area (Å²) in [4.78, 5) is 11.9. The van der Waals surface area contributed by atoms with E-state index >= 15 is 0 Å². The number of nitrogens with zero attached hydrogens (tertiary/aromatic N) is 1. The lowest BCUT2D eigenvalue weighted by molar-refractivity contribution is 0.245. The third-order valence-corrected chi connectivity index (χ3v) is 4.52. The zero-order valence-corrected chi connectivity index (χ0v) is 17.8. The van der Waals surface area contributed by atoms with E-state index in [0.717, 1.165) is 28.9 Å². The Morgan fingerprint density at radius 2 is 1.55 bits per heavy atom. The minimum absolute atomic E-state index is 0.413. The highest BCUT2D eigenvalue weighted by molar-refractivity contribution is 5.90. The van der Waals surface area contributed by atoms with Crippen LogP contribution in [0.5, 0.6) is 11.5 Å². The van der Waals surface area contributed by atoms with Gasteiger partial charge in [0.25, 0.3) is 0 Å². The van der Waals surface area contributed by atoms with Gasteiger partial charge in [0, 0.05) is 17.7 Å². The lowest BCUT2D eigenvalue weighted by atomic mass is 10.1. The van der Waals surface area contributed by atoms with Crippen molar-refractivity contribution in [3.8, 4) is 11.5 Å². The largest absolute Gasteiger partial charge is 0.493 e. The number of carbonyl (C=O) groups excluding carboxylic acids is 1. The summed E-state index contributed by atoms with van der Waals surface area (Å²) < 4.78 is 11.8. The Hall–Kier alpha value is -3.80. The molecule has 0 aromatic heterocycles. The van der Waals surface area contributed by atoms with E-state index in [9.17, 15) is 4.79 Å². The van der Waals surface area contributed by atoms with Crippen LogP contribution in [0.3, 0.4) is 0 Å². The quantitative estimate of drug-likeness (QED) is 0.282. The number of ether oxygens (including phenoxy) is 2. The van der Waals surface area contributed by atoms with Crippen LogP contribution in [0.1, 0.15) is 23.1 Å². The lowest BCUT2D eigenvalue weighted by Crippen LogP contribution is -2.24. The number of anilines is 1. The number of hydrazone groups is 1. The van der Waals surface area contributed by atoms with Gasteiger partial charge in [0.1, 0.15) is 11.5 Å². The van der Waals surface area contributed by atoms with Crippen molar-refractivity contribution in [1.82, 2.24) is 5.43 Å². The summed E-state index contributed by atoms with van der Waals surface area (Å²) in [7, 11) is 0. The molecule has 0 aliphatic rings. The van der Waals surface area contributed by atoms with E-state index < -0.39 is 6.03 Å². The number of urea groups is 1. The van der Waals surface area contributed by atoms with Crippen molar-refractivity contribution >= 4 is 17.9 Å². The molecule has 0 heterocycles. The number of hydrogen-bond acceptors (Lipinski definition) is 4. The Kier molecular flexibility index (Phi) is 8.05. The van der Waals surface area contributed by atoms with Gasteiger partial charge in [0.05, 0.1) is 19.4 Å². The van der Waals surface area contributed by atoms with Crippen molar-refractivity contribution < 1.29 is 14.3 Å². The number of carbonyl (C=O) groups is 1. The number of benzene rings is 3. The molecule has 2 amide bonds. The van der Waals surface area contributed by atoms with E-state index in [4.69, 9.17) is 9.47 Å². The van der Waals surface area contributed by atoms with Crippen LogP contribution < -0.4 is 20.2 Å². The molecule has 3 aromatic rings. The third-order valence-electron chi connectivity index (χ3n) is 4.52. The molecular formula is C25H27N3O3. The van der Waals surface area contributed by atoms with Crippen LogP contribution in [-0.2, 0) is 0 Å². The fourth-order valence-corrected chi connectivity index (χ4v) is 3.00. The van der Waals surface area contributed by atoms with Gasteiger partial charge in [-0.2, -0.15) is 5.10 Å². The summed E-state index contributed by atoms with van der Waals surface area (Å²) >= 11 is 0. The Bertz CT molecular complexity index is 999. The molecule has 0 atom stereocenters. The van der Waals surface area contributed by atoms with Crippen LogP contribution in [0.4, 0.5) is 10.5 Å². The summed E-state index contributed by atoms with van der Waals surface area (Å²) in [5.74, 6) is 1.64. The summed E-state index contributed by atoms with van der Waals surface area (Å²) in [6.07, 6.45) is 2.31. The molecule has 2 N–H and O–H groups in total. The van der Waals surface area contributed by atoms with Crippen LogP contribution in [0.2, 0.25) is 0 Å². The molecule has 0 saturated carbocycles. The minimum atomic E-state index is -0.413. The second kappa shape index (κ2) is 11.4. The van der Waals surface area contributed by atoms with Crippen LogP contribution >= 0.6 is 0 Å². The molecule has 0 aliphatic heterocycles. The standard InChI is InChI=1S/C25H27N3O3/c1-19-10-8-11-20(2)24(19)31-17-9-16-30-23-15-7-6-12-21(23)18-26-28-25(29)27-22-13-4-3-5-14-22/h3-8,10-15,18H,9,16-17H2,1-2H3,(H2,27,28,29)/b26-18+. The zero-order chi connectivity index (χ0) is 21.9. The summed E-state index contributed by atoms with van der Waals surface area (Å²) in [5, 5.41) is 6.71. The Morgan fingerprint density at radius 3 is 2.32 bits per heavy atom. The van der Waals surface area contributed by atoms with Gasteiger partial charge in [0.2, 0.25) is 0 Å². The fraction of sp³-hybridized carbons (Fsp3) is 0.200. The molecule has 160 valence electrons. The van der Waals surface area contributed by atoms with E-state index in [-0.39, 0.29) is 0 Å². The first kappa shape index (κ1) is 21.9. The van der Waals surface area contributed by atoms with Crippen molar-refractivity contribution in [1.29, 1.82) is 0 Å². The molecule has 0 aliphatic carbocycles. The first-order chi connectivity index (χ1) is 15.1. The van der Waals surface area contributed by atoms with Crippen molar-refractivity contribution in [2.75, 3.05) is 18.5 Å². The second-order valence-corrected chi connectivity index (χ2v) is 7.00. The van der Waals surface area contributed by atoms with Gasteiger partial charge in [0.15, 0.2) is 0 Å². The van der Waals surface area contributed by atoms with Gasteiger partial charge in [-0.25, -0.2) is 10.2 Å². The highest BCUT2D eigenvalue weighted by Gasteiger charge is 2.04. The van der Waals surface area contributed by atoms with Crippen molar-refractivity contribution in [3.63, 3.8) is 0 Å². The van der Waals surface area contributed by atoms with Gasteiger partial charge in [-0.1, -0.05) is 48.5 Å². The molecule has 0 spiro atoms. The number of amides is 2. The van der Waals surface area contributed by atoms with E-state index in [2.05, 4.69) is 15.8 Å². The SMILES string of the molecule is Cc1cccc(C)c1OCCCOc1ccccc1/C=N/NC(=O)Nc1ccccc1. The number of rotatable bonds is 9. The topological polar surface area (TPSA) is 72.0 Å². The fourth-order valence-electron chi connectivity index (χ4n) is 3.00. The molecule has 6 heteroatoms. The number of aryl methyl sites for hydroxylation is 2. The highest BCUT2D eigenvalue weighted by Crippen LogP contribution is 2.22. The minimum Gasteiger partial charge on any atom is -0.493 e. The molecule has 0 saturated heterocycles. The molecule has 0 unspecified atom stereocenters. The number of para-hydroxylation sites is 3. The van der Waals surface area contributed by atoms with Crippen LogP contribution in [0.15, 0.2) is 77.9 Å². The van der Waals surface area contributed by atoms with E-state index in [0.29, 0.717) is 24.7 Å². The van der Waals surface area contributed by atoms with Gasteiger partial charge in [-0.3, -0.25) is 0 Å².